The average Bonchev–Trinajstić information content (AvgIpc) is 3.05. The molecule has 0 spiro atoms. The molecule has 2 amide bonds. The number of nitrogens with one attached hydrogen (secondary N) is 2. The maximum absolute atomic E-state index is 11.9. The molecule has 6 nitrogen and oxygen atoms in total. The van der Waals surface area contributed by atoms with Gasteiger partial charge in [-0.25, -0.2) is 5.43 Å². The molecular weight excluding hydrogens is 362 g/mol. The molecule has 0 radical (unpaired) electrons. The minimum Gasteiger partial charge on any atom is -0.376 e. The molecule has 0 bridgehead atoms. The first kappa shape index (κ1) is 17.6. The van der Waals surface area contributed by atoms with Crippen molar-refractivity contribution in [2.75, 3.05) is 13.2 Å². The summed E-state index contributed by atoms with van der Waals surface area (Å²) in [6.07, 6.45) is 2.29. The van der Waals surface area contributed by atoms with Crippen LogP contribution in [0.1, 0.15) is 36.5 Å². The van der Waals surface area contributed by atoms with Gasteiger partial charge in [0, 0.05) is 28.9 Å². The lowest BCUT2D eigenvalue weighted by Crippen LogP contribution is -2.33. The van der Waals surface area contributed by atoms with Crippen molar-refractivity contribution in [1.29, 1.82) is 0 Å². The SMILES string of the molecule is C/C(CC(=O)NC[C@H]1CCCO1)=N/NC(=O)c1ccc(Br)cc1. The topological polar surface area (TPSA) is 79.8 Å². The lowest BCUT2D eigenvalue weighted by atomic mass is 10.2. The normalized spacial score (nSPS) is 17.8. The minimum absolute atomic E-state index is 0.119. The van der Waals surface area contributed by atoms with Crippen LogP contribution in [-0.4, -0.2) is 36.8 Å². The third-order valence-electron chi connectivity index (χ3n) is 3.42. The lowest BCUT2D eigenvalue weighted by molar-refractivity contribution is -0.120. The Balaban J connectivity index is 1.74. The molecule has 124 valence electrons. The van der Waals surface area contributed by atoms with E-state index < -0.39 is 0 Å². The number of carbonyl (C=O) groups excluding carboxylic acids is 2. The van der Waals surface area contributed by atoms with Crippen molar-refractivity contribution in [3.05, 3.63) is 34.3 Å². The molecule has 7 heteroatoms. The molecule has 2 rings (SSSR count). The van der Waals surface area contributed by atoms with Gasteiger partial charge in [-0.1, -0.05) is 15.9 Å². The summed E-state index contributed by atoms with van der Waals surface area (Å²) in [5.74, 6) is -0.434. The van der Waals surface area contributed by atoms with Gasteiger partial charge in [0.1, 0.15) is 0 Å². The number of amides is 2. The van der Waals surface area contributed by atoms with Crippen LogP contribution >= 0.6 is 15.9 Å². The highest BCUT2D eigenvalue weighted by Gasteiger charge is 2.16. The van der Waals surface area contributed by atoms with Gasteiger partial charge in [0.25, 0.3) is 5.91 Å². The van der Waals surface area contributed by atoms with E-state index in [0.29, 0.717) is 17.8 Å². The van der Waals surface area contributed by atoms with Gasteiger partial charge in [-0.15, -0.1) is 0 Å². The quantitative estimate of drug-likeness (QED) is 0.585. The van der Waals surface area contributed by atoms with Gasteiger partial charge in [0.2, 0.25) is 5.91 Å². The Kier molecular flexibility index (Phi) is 6.73. The molecule has 1 aromatic rings. The first-order chi connectivity index (χ1) is 11.0. The van der Waals surface area contributed by atoms with E-state index in [0.717, 1.165) is 23.9 Å². The van der Waals surface area contributed by atoms with Crippen LogP contribution in [0.4, 0.5) is 0 Å². The Hall–Kier alpha value is -1.73. The van der Waals surface area contributed by atoms with Crippen LogP contribution in [0.5, 0.6) is 0 Å². The van der Waals surface area contributed by atoms with Gasteiger partial charge in [0.05, 0.1) is 12.5 Å². The number of nitrogens with zero attached hydrogens (tertiary/aromatic N) is 1. The van der Waals surface area contributed by atoms with Crippen molar-refractivity contribution in [1.82, 2.24) is 10.7 Å². The maximum Gasteiger partial charge on any atom is 0.271 e. The fraction of sp³-hybridized carbons (Fsp3) is 0.438. The second-order valence-electron chi connectivity index (χ2n) is 5.41. The molecule has 1 aromatic carbocycles. The number of ether oxygens (including phenoxy) is 1. The zero-order chi connectivity index (χ0) is 16.7. The lowest BCUT2D eigenvalue weighted by Gasteiger charge is -2.10. The van der Waals surface area contributed by atoms with E-state index in [1.807, 2.05) is 0 Å². The van der Waals surface area contributed by atoms with Gasteiger partial charge in [-0.05, 0) is 44.0 Å². The van der Waals surface area contributed by atoms with Crippen molar-refractivity contribution in [2.45, 2.75) is 32.3 Å². The molecule has 1 aliphatic heterocycles. The molecular formula is C16H20BrN3O3. The first-order valence-electron chi connectivity index (χ1n) is 7.52. The van der Waals surface area contributed by atoms with Crippen molar-refractivity contribution in [2.24, 2.45) is 5.10 Å². The number of rotatable bonds is 6. The standard InChI is InChI=1S/C16H20BrN3O3/c1-11(9-15(21)18-10-14-3-2-8-23-14)19-20-16(22)12-4-6-13(17)7-5-12/h4-7,14H,2-3,8-10H2,1H3,(H,18,21)(H,20,22)/b19-11-/t14-/m1/s1. The number of hydrogen-bond acceptors (Lipinski definition) is 4. The molecule has 0 unspecified atom stereocenters. The third kappa shape index (κ3) is 6.11. The predicted molar refractivity (Wildman–Crippen MR) is 91.3 cm³/mol. The van der Waals surface area contributed by atoms with Crippen LogP contribution in [0.2, 0.25) is 0 Å². The first-order valence-corrected chi connectivity index (χ1v) is 8.31. The predicted octanol–water partition coefficient (Wildman–Crippen LogP) is 2.24. The Labute approximate surface area is 143 Å². The molecule has 0 aliphatic carbocycles. The van der Waals surface area contributed by atoms with Crippen molar-refractivity contribution < 1.29 is 14.3 Å². The van der Waals surface area contributed by atoms with Gasteiger partial charge in [-0.2, -0.15) is 5.10 Å². The van der Waals surface area contributed by atoms with Gasteiger partial charge in [0.15, 0.2) is 0 Å². The third-order valence-corrected chi connectivity index (χ3v) is 3.95. The smallest absolute Gasteiger partial charge is 0.271 e. The van der Waals surface area contributed by atoms with Crippen LogP contribution in [-0.2, 0) is 9.53 Å². The molecule has 1 fully saturated rings. The minimum atomic E-state index is -0.309. The Morgan fingerprint density at radius 1 is 1.35 bits per heavy atom. The molecule has 23 heavy (non-hydrogen) atoms. The molecule has 1 atom stereocenters. The summed E-state index contributed by atoms with van der Waals surface area (Å²) in [7, 11) is 0. The van der Waals surface area contributed by atoms with E-state index in [1.165, 1.54) is 0 Å². The highest BCUT2D eigenvalue weighted by molar-refractivity contribution is 9.10. The van der Waals surface area contributed by atoms with E-state index in [9.17, 15) is 9.59 Å². The van der Waals surface area contributed by atoms with Crippen molar-refractivity contribution in [3.63, 3.8) is 0 Å². The molecule has 0 saturated carbocycles. The highest BCUT2D eigenvalue weighted by Crippen LogP contribution is 2.11. The Morgan fingerprint density at radius 2 is 2.09 bits per heavy atom. The zero-order valence-electron chi connectivity index (χ0n) is 13.0. The summed E-state index contributed by atoms with van der Waals surface area (Å²) in [5, 5.41) is 6.77. The molecule has 1 aliphatic rings. The number of hydrazone groups is 1. The fourth-order valence-corrected chi connectivity index (χ4v) is 2.44. The molecule has 2 N–H and O–H groups in total. The summed E-state index contributed by atoms with van der Waals surface area (Å²) >= 11 is 3.31. The molecule has 0 aromatic heterocycles. The second-order valence-corrected chi connectivity index (χ2v) is 6.33. The van der Waals surface area contributed by atoms with E-state index in [2.05, 4.69) is 31.8 Å². The zero-order valence-corrected chi connectivity index (χ0v) is 14.6. The van der Waals surface area contributed by atoms with E-state index in [1.54, 1.807) is 31.2 Å². The number of halogens is 1. The summed E-state index contributed by atoms with van der Waals surface area (Å²) < 4.78 is 6.34. The maximum atomic E-state index is 11.9. The average molecular weight is 382 g/mol. The van der Waals surface area contributed by atoms with Crippen LogP contribution in [0.3, 0.4) is 0 Å². The summed E-state index contributed by atoms with van der Waals surface area (Å²) in [5.41, 5.74) is 3.50. The monoisotopic (exact) mass is 381 g/mol. The van der Waals surface area contributed by atoms with Gasteiger partial charge < -0.3 is 10.1 Å². The van der Waals surface area contributed by atoms with E-state index >= 15 is 0 Å². The summed E-state index contributed by atoms with van der Waals surface area (Å²) in [4.78, 5) is 23.7. The Bertz CT molecular complexity index is 581. The molecule has 1 heterocycles. The van der Waals surface area contributed by atoms with Crippen LogP contribution < -0.4 is 10.7 Å². The number of benzene rings is 1. The Morgan fingerprint density at radius 3 is 2.74 bits per heavy atom. The van der Waals surface area contributed by atoms with Crippen LogP contribution in [0.15, 0.2) is 33.8 Å². The molecule has 1 saturated heterocycles. The number of carbonyl (C=O) groups is 2. The second kappa shape index (κ2) is 8.79. The van der Waals surface area contributed by atoms with E-state index in [-0.39, 0.29) is 24.3 Å². The highest BCUT2D eigenvalue weighted by atomic mass is 79.9. The van der Waals surface area contributed by atoms with Crippen molar-refractivity contribution >= 4 is 33.5 Å². The summed E-state index contributed by atoms with van der Waals surface area (Å²) in [6, 6.07) is 6.95. The summed E-state index contributed by atoms with van der Waals surface area (Å²) in [6.45, 7) is 2.99. The number of hydrogen-bond donors (Lipinski definition) is 2. The van der Waals surface area contributed by atoms with Gasteiger partial charge >= 0.3 is 0 Å². The van der Waals surface area contributed by atoms with Crippen LogP contribution in [0, 0.1) is 0 Å². The van der Waals surface area contributed by atoms with Crippen LogP contribution in [0.25, 0.3) is 0 Å². The van der Waals surface area contributed by atoms with Gasteiger partial charge in [-0.3, -0.25) is 9.59 Å². The fourth-order valence-electron chi connectivity index (χ4n) is 2.18. The van der Waals surface area contributed by atoms with E-state index in [4.69, 9.17) is 4.74 Å². The van der Waals surface area contributed by atoms with Crippen molar-refractivity contribution in [3.8, 4) is 0 Å². The largest absolute Gasteiger partial charge is 0.376 e.